The summed E-state index contributed by atoms with van der Waals surface area (Å²) in [6.07, 6.45) is -1.70. The van der Waals surface area contributed by atoms with Crippen molar-refractivity contribution < 1.29 is 31.2 Å². The van der Waals surface area contributed by atoms with Crippen LogP contribution in [0.3, 0.4) is 0 Å². The summed E-state index contributed by atoms with van der Waals surface area (Å²) in [5.74, 6) is -3.16. The number of hydrogen-bond donors (Lipinski definition) is 0. The minimum Gasteiger partial charge on any atom is -0.391 e. The van der Waals surface area contributed by atoms with Gasteiger partial charge in [-0.2, -0.15) is 18.3 Å². The molecule has 0 spiro atoms. The quantitative estimate of drug-likeness (QED) is 0.258. The van der Waals surface area contributed by atoms with Crippen LogP contribution < -0.4 is 4.90 Å². The fourth-order valence-corrected chi connectivity index (χ4v) is 4.68. The predicted octanol–water partition coefficient (Wildman–Crippen LogP) is 4.21. The normalized spacial score (nSPS) is 12.4. The number of halogens is 4. The first-order valence-corrected chi connectivity index (χ1v) is 13.2. The summed E-state index contributed by atoms with van der Waals surface area (Å²) in [6.45, 7) is 1.54. The number of carbonyl (C=O) groups excluding carboxylic acids is 1. The van der Waals surface area contributed by atoms with Gasteiger partial charge in [-0.3, -0.25) is 9.78 Å². The highest BCUT2D eigenvalue weighted by Crippen LogP contribution is 2.27. The van der Waals surface area contributed by atoms with Crippen LogP contribution in [0.4, 0.5) is 18.9 Å². The molecule has 0 radical (unpaired) electrons. The van der Waals surface area contributed by atoms with Crippen molar-refractivity contribution in [1.82, 2.24) is 14.8 Å². The second kappa shape index (κ2) is 12.2. The summed E-state index contributed by atoms with van der Waals surface area (Å²) in [4.78, 5) is 23.7. The van der Waals surface area contributed by atoms with Crippen molar-refractivity contribution in [2.45, 2.75) is 26.1 Å². The van der Waals surface area contributed by atoms with Gasteiger partial charge in [0.05, 0.1) is 30.3 Å². The van der Waals surface area contributed by atoms with Gasteiger partial charge < -0.3 is 9.74 Å². The maximum absolute atomic E-state index is 13.4. The Morgan fingerprint density at radius 3 is 2.54 bits per heavy atom. The molecule has 0 aliphatic heterocycles. The minimum absolute atomic E-state index is 0.0254. The van der Waals surface area contributed by atoms with E-state index >= 15 is 0 Å². The van der Waals surface area contributed by atoms with Crippen molar-refractivity contribution in [1.29, 1.82) is 0 Å². The highest BCUT2D eigenvalue weighted by molar-refractivity contribution is 7.92. The molecule has 0 fully saturated rings. The Labute approximate surface area is 216 Å². The lowest BCUT2D eigenvalue weighted by molar-refractivity contribution is -0.129. The standard InChI is InChI=1S/C23H23ClF3N5O4S/c1-2-31(20-14-32(29-21(20)24)18-9-6-11-28-13-18)22(33)19(16-37(34,35)12-10-23(25,26)27)30-36-15-17-7-4-3-5-8-17/h3-9,11,13-14H,2,10,12,15-16H2,1H3. The van der Waals surface area contributed by atoms with Crippen LogP contribution in [0.25, 0.3) is 5.69 Å². The number of amides is 1. The summed E-state index contributed by atoms with van der Waals surface area (Å²) in [6, 6.07) is 12.1. The lowest BCUT2D eigenvalue weighted by Gasteiger charge is -2.20. The zero-order valence-corrected chi connectivity index (χ0v) is 21.2. The fraction of sp³-hybridized carbons (Fsp3) is 0.304. The molecule has 198 valence electrons. The van der Waals surface area contributed by atoms with E-state index in [4.69, 9.17) is 16.4 Å². The molecule has 3 aromatic rings. The van der Waals surface area contributed by atoms with Crippen LogP contribution in [0.15, 0.2) is 66.2 Å². The minimum atomic E-state index is -4.68. The number of pyridine rings is 1. The molecule has 0 aliphatic rings. The summed E-state index contributed by atoms with van der Waals surface area (Å²) < 4.78 is 64.2. The van der Waals surface area contributed by atoms with Gasteiger partial charge >= 0.3 is 6.18 Å². The molecule has 14 heteroatoms. The Kier molecular flexibility index (Phi) is 9.27. The lowest BCUT2D eigenvalue weighted by atomic mass is 10.2. The molecule has 1 aromatic carbocycles. The molecule has 0 unspecified atom stereocenters. The molecule has 9 nitrogen and oxygen atoms in total. The van der Waals surface area contributed by atoms with Crippen molar-refractivity contribution in [3.63, 3.8) is 0 Å². The van der Waals surface area contributed by atoms with Gasteiger partial charge in [-0.05, 0) is 24.6 Å². The number of aromatic nitrogens is 3. The molecule has 2 heterocycles. The fourth-order valence-electron chi connectivity index (χ4n) is 3.16. The molecule has 0 bridgehead atoms. The first kappa shape index (κ1) is 28.1. The SMILES string of the molecule is CCN(C(=O)C(CS(=O)(=O)CCC(F)(F)F)=NOCc1ccccc1)c1cn(-c2cccnc2)nc1Cl. The van der Waals surface area contributed by atoms with E-state index in [1.54, 1.807) is 55.6 Å². The predicted molar refractivity (Wildman–Crippen MR) is 132 cm³/mol. The van der Waals surface area contributed by atoms with E-state index < -0.39 is 45.6 Å². The average Bonchev–Trinajstić information content (AvgIpc) is 3.24. The van der Waals surface area contributed by atoms with Crippen LogP contribution in [0.1, 0.15) is 18.9 Å². The van der Waals surface area contributed by atoms with E-state index in [0.717, 1.165) is 4.90 Å². The molecule has 0 saturated heterocycles. The summed E-state index contributed by atoms with van der Waals surface area (Å²) in [5, 5.41) is 7.81. The summed E-state index contributed by atoms with van der Waals surface area (Å²) in [7, 11) is -4.37. The first-order chi connectivity index (χ1) is 17.5. The zero-order chi connectivity index (χ0) is 27.1. The Balaban J connectivity index is 1.89. The third-order valence-corrected chi connectivity index (χ3v) is 6.77. The Hall–Kier alpha value is -3.45. The van der Waals surface area contributed by atoms with Crippen LogP contribution in [0, 0.1) is 0 Å². The van der Waals surface area contributed by atoms with E-state index in [1.165, 1.54) is 17.1 Å². The first-order valence-electron chi connectivity index (χ1n) is 11.0. The summed E-state index contributed by atoms with van der Waals surface area (Å²) in [5.41, 5.74) is 0.784. The van der Waals surface area contributed by atoms with E-state index in [-0.39, 0.29) is 24.0 Å². The topological polar surface area (TPSA) is 107 Å². The number of nitrogens with zero attached hydrogens (tertiary/aromatic N) is 5. The maximum atomic E-state index is 13.4. The van der Waals surface area contributed by atoms with Gasteiger partial charge in [0.25, 0.3) is 5.91 Å². The average molecular weight is 558 g/mol. The highest BCUT2D eigenvalue weighted by atomic mass is 35.5. The zero-order valence-electron chi connectivity index (χ0n) is 19.6. The molecule has 0 atom stereocenters. The summed E-state index contributed by atoms with van der Waals surface area (Å²) >= 11 is 6.27. The van der Waals surface area contributed by atoms with Gasteiger partial charge in [-0.1, -0.05) is 47.1 Å². The van der Waals surface area contributed by atoms with Gasteiger partial charge in [0.15, 0.2) is 20.7 Å². The second-order valence-corrected chi connectivity index (χ2v) is 10.3. The number of sulfone groups is 1. The molecule has 2 aromatic heterocycles. The van der Waals surface area contributed by atoms with Crippen LogP contribution in [0.5, 0.6) is 0 Å². The number of benzene rings is 1. The molecule has 37 heavy (non-hydrogen) atoms. The third-order valence-electron chi connectivity index (χ3n) is 4.96. The van der Waals surface area contributed by atoms with Crippen molar-refractivity contribution in [3.8, 4) is 5.69 Å². The van der Waals surface area contributed by atoms with E-state index in [9.17, 15) is 26.4 Å². The number of hydrogen-bond acceptors (Lipinski definition) is 7. The van der Waals surface area contributed by atoms with Crippen molar-refractivity contribution in [2.24, 2.45) is 5.16 Å². The van der Waals surface area contributed by atoms with Gasteiger partial charge in [0.2, 0.25) is 0 Å². The number of alkyl halides is 3. The Morgan fingerprint density at radius 1 is 1.19 bits per heavy atom. The van der Waals surface area contributed by atoms with E-state index in [0.29, 0.717) is 11.3 Å². The number of carbonyl (C=O) groups is 1. The second-order valence-electron chi connectivity index (χ2n) is 7.76. The van der Waals surface area contributed by atoms with Crippen LogP contribution in [-0.2, 0) is 26.1 Å². The van der Waals surface area contributed by atoms with E-state index in [1.807, 2.05) is 0 Å². The highest BCUT2D eigenvalue weighted by Gasteiger charge is 2.33. The lowest BCUT2D eigenvalue weighted by Crippen LogP contribution is -2.40. The maximum Gasteiger partial charge on any atom is 0.390 e. The molecule has 0 saturated carbocycles. The number of anilines is 1. The van der Waals surface area contributed by atoms with Crippen LogP contribution in [0.2, 0.25) is 5.15 Å². The molecular formula is C23H23ClF3N5O4S. The molecule has 0 N–H and O–H groups in total. The molecule has 1 amide bonds. The van der Waals surface area contributed by atoms with Crippen molar-refractivity contribution in [3.05, 3.63) is 71.8 Å². The van der Waals surface area contributed by atoms with Crippen LogP contribution >= 0.6 is 11.6 Å². The molecular weight excluding hydrogens is 535 g/mol. The molecule has 3 rings (SSSR count). The Bertz CT molecular complexity index is 1330. The number of rotatable bonds is 11. The van der Waals surface area contributed by atoms with Gasteiger partial charge in [-0.15, -0.1) is 0 Å². The van der Waals surface area contributed by atoms with Crippen molar-refractivity contribution in [2.75, 3.05) is 23.0 Å². The third kappa shape index (κ3) is 8.29. The number of oxime groups is 1. The Morgan fingerprint density at radius 2 is 1.92 bits per heavy atom. The smallest absolute Gasteiger partial charge is 0.390 e. The largest absolute Gasteiger partial charge is 0.391 e. The van der Waals surface area contributed by atoms with Crippen LogP contribution in [-0.4, -0.2) is 59.0 Å². The monoisotopic (exact) mass is 557 g/mol. The molecule has 0 aliphatic carbocycles. The van der Waals surface area contributed by atoms with Gasteiger partial charge in [-0.25, -0.2) is 13.1 Å². The van der Waals surface area contributed by atoms with Crippen molar-refractivity contribution >= 4 is 38.7 Å². The van der Waals surface area contributed by atoms with E-state index in [2.05, 4.69) is 15.2 Å². The van der Waals surface area contributed by atoms with Gasteiger partial charge in [0, 0.05) is 12.7 Å². The van der Waals surface area contributed by atoms with Gasteiger partial charge in [0.1, 0.15) is 18.0 Å².